The van der Waals surface area contributed by atoms with Crippen molar-refractivity contribution < 1.29 is 19.0 Å². The van der Waals surface area contributed by atoms with Gasteiger partial charge in [0.05, 0.1) is 37.7 Å². The van der Waals surface area contributed by atoms with Gasteiger partial charge in [-0.15, -0.1) is 0 Å². The highest BCUT2D eigenvalue weighted by atomic mass is 16.5. The monoisotopic (exact) mass is 329 g/mol. The minimum absolute atomic E-state index is 0.198. The third-order valence-electron chi connectivity index (χ3n) is 5.25. The Morgan fingerprint density at radius 2 is 1.92 bits per heavy atom. The average Bonchev–Trinajstić information content (AvgIpc) is 3.07. The van der Waals surface area contributed by atoms with Crippen LogP contribution in [-0.2, 0) is 14.9 Å². The van der Waals surface area contributed by atoms with Crippen molar-refractivity contribution in [2.75, 3.05) is 14.2 Å². The maximum atomic E-state index is 11.7. The van der Waals surface area contributed by atoms with Gasteiger partial charge in [0.1, 0.15) is 0 Å². The number of benzene rings is 1. The summed E-state index contributed by atoms with van der Waals surface area (Å²) < 4.78 is 16.3. The van der Waals surface area contributed by atoms with Crippen LogP contribution >= 0.6 is 0 Å². The molecular weight excluding hydrogens is 306 g/mol. The first-order chi connectivity index (χ1) is 11.6. The van der Waals surface area contributed by atoms with Gasteiger partial charge in [-0.2, -0.15) is 5.26 Å². The van der Waals surface area contributed by atoms with Gasteiger partial charge in [0.2, 0.25) is 0 Å². The average molecular weight is 329 g/mol. The Balaban J connectivity index is 1.82. The summed E-state index contributed by atoms with van der Waals surface area (Å²) >= 11 is 0. The number of nitriles is 1. The van der Waals surface area contributed by atoms with E-state index in [4.69, 9.17) is 14.2 Å². The molecule has 0 spiro atoms. The fraction of sp³-hybridized carbons (Fsp3) is 0.579. The molecule has 2 aliphatic carbocycles. The number of ether oxygens (including phenoxy) is 3. The van der Waals surface area contributed by atoms with Crippen molar-refractivity contribution in [2.24, 2.45) is 5.92 Å². The van der Waals surface area contributed by atoms with Crippen molar-refractivity contribution in [1.29, 1.82) is 5.26 Å². The molecule has 0 aliphatic heterocycles. The summed E-state index contributed by atoms with van der Waals surface area (Å²) in [4.78, 5) is 11.7. The van der Waals surface area contributed by atoms with E-state index < -0.39 is 5.41 Å². The highest BCUT2D eigenvalue weighted by Gasteiger charge is 2.50. The molecule has 0 aromatic heterocycles. The van der Waals surface area contributed by atoms with E-state index in [9.17, 15) is 10.1 Å². The molecule has 0 bridgehead atoms. The number of carbonyl (C=O) groups is 1. The molecule has 0 atom stereocenters. The second kappa shape index (κ2) is 6.72. The van der Waals surface area contributed by atoms with Crippen molar-refractivity contribution in [3.05, 3.63) is 23.8 Å². The minimum atomic E-state index is -0.640. The highest BCUT2D eigenvalue weighted by Crippen LogP contribution is 2.49. The SMILES string of the molecule is COc1ccc([C@]2(C#N)C[C@@H](C(=O)OC)C2)cc1OC1CCCC1. The van der Waals surface area contributed by atoms with Crippen LogP contribution < -0.4 is 9.47 Å². The van der Waals surface area contributed by atoms with Gasteiger partial charge < -0.3 is 14.2 Å². The third kappa shape index (κ3) is 2.93. The zero-order valence-corrected chi connectivity index (χ0v) is 14.2. The van der Waals surface area contributed by atoms with Crippen LogP contribution in [0.3, 0.4) is 0 Å². The van der Waals surface area contributed by atoms with E-state index in [1.54, 1.807) is 7.11 Å². The molecule has 1 aromatic rings. The number of rotatable bonds is 5. The number of methoxy groups -OCH3 is 2. The Morgan fingerprint density at radius 1 is 1.21 bits per heavy atom. The van der Waals surface area contributed by atoms with E-state index in [1.807, 2.05) is 18.2 Å². The van der Waals surface area contributed by atoms with Gasteiger partial charge in [-0.3, -0.25) is 4.79 Å². The molecule has 0 heterocycles. The summed E-state index contributed by atoms with van der Waals surface area (Å²) in [6.07, 6.45) is 5.70. The molecule has 2 saturated carbocycles. The lowest BCUT2D eigenvalue weighted by molar-refractivity contribution is -0.150. The van der Waals surface area contributed by atoms with Gasteiger partial charge in [-0.05, 0) is 56.2 Å². The molecule has 0 N–H and O–H groups in total. The first-order valence-corrected chi connectivity index (χ1v) is 8.46. The van der Waals surface area contributed by atoms with Crippen molar-refractivity contribution in [2.45, 2.75) is 50.0 Å². The zero-order valence-electron chi connectivity index (χ0n) is 14.2. The van der Waals surface area contributed by atoms with Gasteiger partial charge in [-0.25, -0.2) is 0 Å². The van der Waals surface area contributed by atoms with E-state index in [0.29, 0.717) is 24.3 Å². The zero-order chi connectivity index (χ0) is 17.2. The largest absolute Gasteiger partial charge is 0.493 e. The van der Waals surface area contributed by atoms with Gasteiger partial charge >= 0.3 is 5.97 Å². The normalized spacial score (nSPS) is 26.3. The maximum Gasteiger partial charge on any atom is 0.308 e. The molecule has 2 aliphatic rings. The Kier molecular flexibility index (Phi) is 4.66. The van der Waals surface area contributed by atoms with Gasteiger partial charge in [0.25, 0.3) is 0 Å². The van der Waals surface area contributed by atoms with Gasteiger partial charge in [-0.1, -0.05) is 6.07 Å². The van der Waals surface area contributed by atoms with E-state index >= 15 is 0 Å². The van der Waals surface area contributed by atoms with Crippen LogP contribution in [0.15, 0.2) is 18.2 Å². The van der Waals surface area contributed by atoms with E-state index in [-0.39, 0.29) is 18.0 Å². The van der Waals surface area contributed by atoms with Crippen molar-refractivity contribution in [3.63, 3.8) is 0 Å². The lowest BCUT2D eigenvalue weighted by Crippen LogP contribution is -2.44. The first-order valence-electron chi connectivity index (χ1n) is 8.46. The predicted octanol–water partition coefficient (Wildman–Crippen LogP) is 3.36. The third-order valence-corrected chi connectivity index (χ3v) is 5.25. The summed E-state index contributed by atoms with van der Waals surface area (Å²) in [5.74, 6) is 0.938. The van der Waals surface area contributed by atoms with E-state index in [0.717, 1.165) is 18.4 Å². The van der Waals surface area contributed by atoms with Crippen LogP contribution in [0.5, 0.6) is 11.5 Å². The molecule has 5 heteroatoms. The molecule has 0 amide bonds. The number of carbonyl (C=O) groups excluding carboxylic acids is 1. The fourth-order valence-corrected chi connectivity index (χ4v) is 3.76. The molecular formula is C19H23NO4. The Bertz CT molecular complexity index is 652. The minimum Gasteiger partial charge on any atom is -0.493 e. The van der Waals surface area contributed by atoms with E-state index in [2.05, 4.69) is 6.07 Å². The van der Waals surface area contributed by atoms with Gasteiger partial charge in [0.15, 0.2) is 11.5 Å². The Labute approximate surface area is 142 Å². The predicted molar refractivity (Wildman–Crippen MR) is 87.9 cm³/mol. The molecule has 3 rings (SSSR count). The van der Waals surface area contributed by atoms with Crippen LogP contribution in [0.4, 0.5) is 0 Å². The summed E-state index contributed by atoms with van der Waals surface area (Å²) in [6, 6.07) is 8.06. The van der Waals surface area contributed by atoms with Crippen molar-refractivity contribution >= 4 is 5.97 Å². The number of hydrogen-bond donors (Lipinski definition) is 0. The Hall–Kier alpha value is -2.22. The fourth-order valence-electron chi connectivity index (χ4n) is 3.76. The number of hydrogen-bond acceptors (Lipinski definition) is 5. The summed E-state index contributed by atoms with van der Waals surface area (Å²) in [6.45, 7) is 0. The summed E-state index contributed by atoms with van der Waals surface area (Å²) in [5.41, 5.74) is 0.248. The molecule has 0 radical (unpaired) electrons. The second-order valence-corrected chi connectivity index (χ2v) is 6.71. The van der Waals surface area contributed by atoms with Crippen LogP contribution in [0.2, 0.25) is 0 Å². The van der Waals surface area contributed by atoms with E-state index in [1.165, 1.54) is 20.0 Å². The molecule has 0 saturated heterocycles. The van der Waals surface area contributed by atoms with Gasteiger partial charge in [0, 0.05) is 0 Å². The molecule has 0 unspecified atom stereocenters. The standard InChI is InChI=1S/C19H23NO4/c1-22-16-8-7-14(9-17(16)24-15-5-3-4-6-15)19(12-20)10-13(11-19)18(21)23-2/h7-9,13,15H,3-6,10-11H2,1-2H3/t13-,19-. The molecule has 1 aromatic carbocycles. The van der Waals surface area contributed by atoms with Crippen LogP contribution in [0.1, 0.15) is 44.1 Å². The second-order valence-electron chi connectivity index (χ2n) is 6.71. The summed E-state index contributed by atoms with van der Waals surface area (Å²) in [7, 11) is 3.00. The maximum absolute atomic E-state index is 11.7. The topological polar surface area (TPSA) is 68.5 Å². The van der Waals surface area contributed by atoms with Crippen molar-refractivity contribution in [1.82, 2.24) is 0 Å². The molecule has 5 nitrogen and oxygen atoms in total. The summed E-state index contributed by atoms with van der Waals surface area (Å²) in [5, 5.41) is 9.69. The van der Waals surface area contributed by atoms with Crippen LogP contribution in [0, 0.1) is 17.2 Å². The smallest absolute Gasteiger partial charge is 0.308 e. The first kappa shape index (κ1) is 16.6. The Morgan fingerprint density at radius 3 is 2.50 bits per heavy atom. The number of nitrogens with zero attached hydrogens (tertiary/aromatic N) is 1. The quantitative estimate of drug-likeness (QED) is 0.775. The molecule has 128 valence electrons. The molecule has 24 heavy (non-hydrogen) atoms. The van der Waals surface area contributed by atoms with Crippen LogP contribution in [-0.4, -0.2) is 26.3 Å². The van der Waals surface area contributed by atoms with Crippen LogP contribution in [0.25, 0.3) is 0 Å². The highest BCUT2D eigenvalue weighted by molar-refractivity contribution is 5.75. The van der Waals surface area contributed by atoms with Crippen molar-refractivity contribution in [3.8, 4) is 17.6 Å². The lowest BCUT2D eigenvalue weighted by Gasteiger charge is -2.41. The number of esters is 1. The lowest BCUT2D eigenvalue weighted by atomic mass is 9.59. The molecule has 2 fully saturated rings.